The number of hydrogen-bond donors (Lipinski definition) is 1. The first-order valence-corrected chi connectivity index (χ1v) is 8.50. The molecule has 1 N–H and O–H groups in total. The van der Waals surface area contributed by atoms with Crippen molar-refractivity contribution in [3.05, 3.63) is 0 Å². The highest BCUT2D eigenvalue weighted by atomic mass is 32.2. The van der Waals surface area contributed by atoms with Gasteiger partial charge in [-0.25, -0.2) is 0 Å². The van der Waals surface area contributed by atoms with Crippen LogP contribution in [-0.4, -0.2) is 56.3 Å². The highest BCUT2D eigenvalue weighted by Gasteiger charge is 2.33. The molecule has 0 heterocycles. The van der Waals surface area contributed by atoms with Gasteiger partial charge in [0, 0.05) is 26.2 Å². The fourth-order valence-corrected chi connectivity index (χ4v) is 3.12. The quantitative estimate of drug-likeness (QED) is 0.623. The summed E-state index contributed by atoms with van der Waals surface area (Å²) in [5, 5.41) is 3.28. The normalized spacial score (nSPS) is 13.5. The zero-order valence-electron chi connectivity index (χ0n) is 13.4. The maximum absolute atomic E-state index is 12.4. The van der Waals surface area contributed by atoms with E-state index in [1.165, 1.54) is 8.61 Å². The molecule has 6 heteroatoms. The summed E-state index contributed by atoms with van der Waals surface area (Å²) in [5.41, 5.74) is -0.354. The van der Waals surface area contributed by atoms with Crippen LogP contribution in [-0.2, 0) is 10.2 Å². The number of nitrogens with one attached hydrogen (secondary N) is 1. The third-order valence-electron chi connectivity index (χ3n) is 3.71. The van der Waals surface area contributed by atoms with Crippen LogP contribution in [0.1, 0.15) is 47.0 Å². The van der Waals surface area contributed by atoms with Crippen molar-refractivity contribution in [1.82, 2.24) is 13.9 Å². The molecule has 0 aromatic rings. The van der Waals surface area contributed by atoms with E-state index in [0.29, 0.717) is 6.54 Å². The molecule has 0 aromatic heterocycles. The van der Waals surface area contributed by atoms with Crippen LogP contribution in [0, 0.1) is 0 Å². The number of nitrogens with zero attached hydrogens (tertiary/aromatic N) is 2. The second-order valence-electron chi connectivity index (χ2n) is 5.57. The van der Waals surface area contributed by atoms with Gasteiger partial charge in [-0.05, 0) is 46.2 Å². The second kappa shape index (κ2) is 8.19. The van der Waals surface area contributed by atoms with Crippen molar-refractivity contribution in [3.8, 4) is 0 Å². The van der Waals surface area contributed by atoms with Crippen LogP contribution in [0.15, 0.2) is 0 Å². The molecule has 116 valence electrons. The highest BCUT2D eigenvalue weighted by Crippen LogP contribution is 2.21. The highest BCUT2D eigenvalue weighted by molar-refractivity contribution is 7.86. The fraction of sp³-hybridized carbons (Fsp3) is 1.00. The zero-order chi connectivity index (χ0) is 15.1. The van der Waals surface area contributed by atoms with Crippen LogP contribution in [0.5, 0.6) is 0 Å². The van der Waals surface area contributed by atoms with E-state index in [0.717, 1.165) is 32.4 Å². The molecule has 0 aromatic carbocycles. The largest absolute Gasteiger partial charge is 0.317 e. The maximum atomic E-state index is 12.4. The Hall–Kier alpha value is -0.170. The molecule has 0 spiro atoms. The van der Waals surface area contributed by atoms with Gasteiger partial charge in [-0.3, -0.25) is 0 Å². The SMILES string of the molecule is CCCNCCCN(C)S(=O)(=O)N(C)C(C)(C)CC. The van der Waals surface area contributed by atoms with Gasteiger partial charge < -0.3 is 5.32 Å². The molecule has 0 atom stereocenters. The monoisotopic (exact) mass is 293 g/mol. The molecular formula is C13H31N3O2S. The lowest BCUT2D eigenvalue weighted by Gasteiger charge is -2.36. The molecule has 5 nitrogen and oxygen atoms in total. The Bertz CT molecular complexity index is 342. The Kier molecular flexibility index (Phi) is 8.12. The topological polar surface area (TPSA) is 52.7 Å². The summed E-state index contributed by atoms with van der Waals surface area (Å²) in [5.74, 6) is 0. The summed E-state index contributed by atoms with van der Waals surface area (Å²) in [6.07, 6.45) is 2.71. The molecule has 0 unspecified atom stereocenters. The smallest absolute Gasteiger partial charge is 0.281 e. The standard InChI is InChI=1S/C13H31N3O2S/c1-7-10-14-11-9-12-15(5)19(17,18)16(6)13(3,4)8-2/h14H,7-12H2,1-6H3. The lowest BCUT2D eigenvalue weighted by Crippen LogP contribution is -2.50. The van der Waals surface area contributed by atoms with Crippen LogP contribution >= 0.6 is 0 Å². The Morgan fingerprint density at radius 3 is 2.16 bits per heavy atom. The van der Waals surface area contributed by atoms with Gasteiger partial charge >= 0.3 is 0 Å². The molecule has 19 heavy (non-hydrogen) atoms. The van der Waals surface area contributed by atoms with Crippen molar-refractivity contribution >= 4 is 10.2 Å². The van der Waals surface area contributed by atoms with Crippen LogP contribution in [0.25, 0.3) is 0 Å². The molecule has 0 amide bonds. The summed E-state index contributed by atoms with van der Waals surface area (Å²) in [6.45, 7) is 10.4. The van der Waals surface area contributed by atoms with Gasteiger partial charge in [0.2, 0.25) is 0 Å². The first kappa shape index (κ1) is 18.8. The summed E-state index contributed by atoms with van der Waals surface area (Å²) in [6, 6.07) is 0. The summed E-state index contributed by atoms with van der Waals surface area (Å²) >= 11 is 0. The van der Waals surface area contributed by atoms with Crippen LogP contribution < -0.4 is 5.32 Å². The van der Waals surface area contributed by atoms with E-state index >= 15 is 0 Å². The first-order valence-electron chi connectivity index (χ1n) is 7.11. The molecule has 0 fully saturated rings. The predicted octanol–water partition coefficient (Wildman–Crippen LogP) is 1.67. The Morgan fingerprint density at radius 2 is 1.68 bits per heavy atom. The minimum absolute atomic E-state index is 0.354. The summed E-state index contributed by atoms with van der Waals surface area (Å²) < 4.78 is 27.7. The van der Waals surface area contributed by atoms with E-state index in [1.807, 2.05) is 20.8 Å². The van der Waals surface area contributed by atoms with Crippen LogP contribution in [0.3, 0.4) is 0 Å². The Balaban J connectivity index is 4.40. The van der Waals surface area contributed by atoms with Crippen molar-refractivity contribution in [2.24, 2.45) is 0 Å². The fourth-order valence-electron chi connectivity index (χ4n) is 1.59. The molecule has 0 bridgehead atoms. The predicted molar refractivity (Wildman–Crippen MR) is 81.5 cm³/mol. The average Bonchev–Trinajstić information content (AvgIpc) is 2.37. The average molecular weight is 293 g/mol. The molecule has 0 aliphatic rings. The van der Waals surface area contributed by atoms with Crippen molar-refractivity contribution in [1.29, 1.82) is 0 Å². The maximum Gasteiger partial charge on any atom is 0.281 e. The Labute approximate surface area is 119 Å². The van der Waals surface area contributed by atoms with Crippen LogP contribution in [0.2, 0.25) is 0 Å². The number of rotatable bonds is 10. The molecule has 0 saturated carbocycles. The lowest BCUT2D eigenvalue weighted by molar-refractivity contribution is 0.239. The van der Waals surface area contributed by atoms with E-state index in [1.54, 1.807) is 14.1 Å². The van der Waals surface area contributed by atoms with Crippen molar-refractivity contribution in [2.45, 2.75) is 52.5 Å². The minimum Gasteiger partial charge on any atom is -0.317 e. The third kappa shape index (κ3) is 5.77. The van der Waals surface area contributed by atoms with E-state index < -0.39 is 10.2 Å². The first-order chi connectivity index (χ1) is 8.70. The molecule has 0 aliphatic heterocycles. The number of hydrogen-bond acceptors (Lipinski definition) is 3. The summed E-state index contributed by atoms with van der Waals surface area (Å²) in [4.78, 5) is 0. The zero-order valence-corrected chi connectivity index (χ0v) is 14.2. The minimum atomic E-state index is -3.36. The lowest BCUT2D eigenvalue weighted by atomic mass is 10.0. The van der Waals surface area contributed by atoms with E-state index in [-0.39, 0.29) is 5.54 Å². The molecular weight excluding hydrogens is 262 g/mol. The van der Waals surface area contributed by atoms with Gasteiger partial charge in [-0.1, -0.05) is 13.8 Å². The van der Waals surface area contributed by atoms with Crippen molar-refractivity contribution in [3.63, 3.8) is 0 Å². The summed E-state index contributed by atoms with van der Waals surface area (Å²) in [7, 11) is -0.0550. The van der Waals surface area contributed by atoms with Gasteiger partial charge in [-0.2, -0.15) is 17.0 Å². The van der Waals surface area contributed by atoms with Crippen LogP contribution in [0.4, 0.5) is 0 Å². The van der Waals surface area contributed by atoms with Gasteiger partial charge in [0.1, 0.15) is 0 Å². The molecule has 0 aliphatic carbocycles. The second-order valence-corrected chi connectivity index (χ2v) is 7.63. The van der Waals surface area contributed by atoms with Gasteiger partial charge in [0.25, 0.3) is 10.2 Å². The Morgan fingerprint density at radius 1 is 1.11 bits per heavy atom. The molecule has 0 saturated heterocycles. The van der Waals surface area contributed by atoms with Gasteiger partial charge in [-0.15, -0.1) is 0 Å². The molecule has 0 rings (SSSR count). The van der Waals surface area contributed by atoms with Crippen molar-refractivity contribution in [2.75, 3.05) is 33.7 Å². The molecule has 0 radical (unpaired) electrons. The van der Waals surface area contributed by atoms with Gasteiger partial charge in [0.05, 0.1) is 0 Å². The van der Waals surface area contributed by atoms with Crippen molar-refractivity contribution < 1.29 is 8.42 Å². The van der Waals surface area contributed by atoms with E-state index in [2.05, 4.69) is 12.2 Å². The third-order valence-corrected chi connectivity index (χ3v) is 5.87. The van der Waals surface area contributed by atoms with E-state index in [9.17, 15) is 8.42 Å². The van der Waals surface area contributed by atoms with Gasteiger partial charge in [0.15, 0.2) is 0 Å². The van der Waals surface area contributed by atoms with E-state index in [4.69, 9.17) is 0 Å².